The van der Waals surface area contributed by atoms with Crippen LogP contribution in [0.5, 0.6) is 0 Å². The number of ketones is 2. The zero-order valence-corrected chi connectivity index (χ0v) is 22.2. The normalized spacial score (nSPS) is 43.4. The fourth-order valence-electron chi connectivity index (χ4n) is 7.71. The predicted octanol–water partition coefficient (Wildman–Crippen LogP) is 3.40. The van der Waals surface area contributed by atoms with Gasteiger partial charge in [-0.1, -0.05) is 46.3 Å². The minimum atomic E-state index is -1.98. The summed E-state index contributed by atoms with van der Waals surface area (Å²) < 4.78 is 16.9. The van der Waals surface area contributed by atoms with Crippen molar-refractivity contribution in [1.29, 1.82) is 0 Å². The Morgan fingerprint density at radius 1 is 1.19 bits per heavy atom. The van der Waals surface area contributed by atoms with Crippen LogP contribution in [0.2, 0.25) is 0 Å². The van der Waals surface area contributed by atoms with Crippen LogP contribution < -0.4 is 0 Å². The number of carbonyl (C=O) groups is 3. The quantitative estimate of drug-likeness (QED) is 0.459. The Kier molecular flexibility index (Phi) is 7.28. The first kappa shape index (κ1) is 28.7. The highest BCUT2D eigenvalue weighted by molar-refractivity contribution is 6.01. The van der Waals surface area contributed by atoms with Gasteiger partial charge in [0.05, 0.1) is 12.5 Å². The van der Waals surface area contributed by atoms with Gasteiger partial charge in [-0.15, -0.1) is 0 Å². The molecule has 4 N–H and O–H groups in total. The fourth-order valence-corrected chi connectivity index (χ4v) is 7.71. The molecule has 0 aliphatic heterocycles. The molecule has 202 valence electrons. The average Bonchev–Trinajstić information content (AvgIpc) is 2.95. The summed E-state index contributed by atoms with van der Waals surface area (Å²) in [5.41, 5.74) is -5.25. The molecule has 0 saturated heterocycles. The molecule has 8 atom stereocenters. The molecule has 0 heterocycles. The van der Waals surface area contributed by atoms with Crippen LogP contribution in [0, 0.1) is 34.0 Å². The van der Waals surface area contributed by atoms with E-state index in [1.807, 2.05) is 20.8 Å². The molecule has 0 radical (unpaired) electrons. The zero-order chi connectivity index (χ0) is 27.5. The van der Waals surface area contributed by atoms with Gasteiger partial charge < -0.3 is 20.4 Å². The second kappa shape index (κ2) is 9.14. The molecular weight excluding hydrogens is 467 g/mol. The van der Waals surface area contributed by atoms with Crippen LogP contribution in [-0.2, 0) is 14.4 Å². The lowest BCUT2D eigenvalue weighted by atomic mass is 9.44. The average molecular weight is 509 g/mol. The summed E-state index contributed by atoms with van der Waals surface area (Å²) in [7, 11) is 0. The molecule has 0 bridgehead atoms. The van der Waals surface area contributed by atoms with Gasteiger partial charge in [0.2, 0.25) is 0 Å². The van der Waals surface area contributed by atoms with E-state index in [0.29, 0.717) is 24.8 Å². The van der Waals surface area contributed by atoms with Gasteiger partial charge in [0, 0.05) is 16.7 Å². The number of rotatable bonds is 3. The third kappa shape index (κ3) is 4.09. The monoisotopic (exact) mass is 508 g/mol. The molecule has 0 aromatic carbocycles. The number of carbonyl (C=O) groups excluding carboxylic acids is 2. The number of allylic oxidation sites excluding steroid dienone is 4. The van der Waals surface area contributed by atoms with Crippen LogP contribution in [0.15, 0.2) is 23.8 Å². The van der Waals surface area contributed by atoms with Crippen LogP contribution in [-0.4, -0.2) is 61.9 Å². The van der Waals surface area contributed by atoms with E-state index < -0.39 is 58.4 Å². The number of halogens is 1. The number of aliphatic hydroxyl groups excluding tert-OH is 2. The van der Waals surface area contributed by atoms with Crippen molar-refractivity contribution in [3.05, 3.63) is 23.8 Å². The first-order chi connectivity index (χ1) is 16.4. The van der Waals surface area contributed by atoms with Crippen LogP contribution in [0.25, 0.3) is 0 Å². The highest BCUT2D eigenvalue weighted by atomic mass is 19.1. The van der Waals surface area contributed by atoms with Gasteiger partial charge in [-0.3, -0.25) is 14.4 Å². The van der Waals surface area contributed by atoms with Crippen molar-refractivity contribution in [3.8, 4) is 0 Å². The minimum Gasteiger partial charge on any atom is -0.481 e. The van der Waals surface area contributed by atoms with Crippen LogP contribution in [0.4, 0.5) is 4.39 Å². The number of fused-ring (bicyclic) bond motifs is 5. The van der Waals surface area contributed by atoms with Crippen molar-refractivity contribution >= 4 is 17.5 Å². The molecule has 0 spiro atoms. The Morgan fingerprint density at radius 3 is 2.31 bits per heavy atom. The molecule has 36 heavy (non-hydrogen) atoms. The molecule has 8 heteroatoms. The third-order valence-electron chi connectivity index (χ3n) is 9.47. The van der Waals surface area contributed by atoms with Gasteiger partial charge in [0.15, 0.2) is 17.2 Å². The standard InChI is InChI=1S/C22H29FO5.C6H12O2/c1-12-8-16-15-5-4-13-9-14(25)6-7-19(13,2)21(15,23)17(26)10-20(16,3)22(12,28)18(27)11-24;1-6(2,3)4-5(7)8/h6-7,9,12,15-17,24,26,28H,4-5,8,10-11H2,1-3H3;4H2,1-3H3,(H,7,8)/t12-,15+,16+,17+,19+,20+,21+,22+;/m1./s1. The van der Waals surface area contributed by atoms with E-state index in [4.69, 9.17) is 5.11 Å². The zero-order valence-electron chi connectivity index (χ0n) is 22.2. The van der Waals surface area contributed by atoms with Crippen molar-refractivity contribution in [2.24, 2.45) is 34.0 Å². The van der Waals surface area contributed by atoms with E-state index in [0.717, 1.165) is 0 Å². The van der Waals surface area contributed by atoms with Crippen molar-refractivity contribution in [2.75, 3.05) is 6.61 Å². The van der Waals surface area contributed by atoms with Crippen LogP contribution in [0.1, 0.15) is 73.6 Å². The molecule has 0 amide bonds. The fraction of sp³-hybridized carbons (Fsp3) is 0.750. The van der Waals surface area contributed by atoms with Crippen molar-refractivity contribution in [2.45, 2.75) is 91.0 Å². The van der Waals surface area contributed by atoms with Crippen molar-refractivity contribution < 1.29 is 39.2 Å². The maximum atomic E-state index is 16.9. The van der Waals surface area contributed by atoms with E-state index in [2.05, 4.69) is 0 Å². The van der Waals surface area contributed by atoms with Crippen LogP contribution >= 0.6 is 0 Å². The molecule has 0 unspecified atom stereocenters. The van der Waals surface area contributed by atoms with Gasteiger partial charge in [0.1, 0.15) is 12.2 Å². The summed E-state index contributed by atoms with van der Waals surface area (Å²) in [5, 5.41) is 40.2. The van der Waals surface area contributed by atoms with Gasteiger partial charge in [-0.25, -0.2) is 4.39 Å². The molecule has 4 aliphatic carbocycles. The SMILES string of the molecule is CC(C)(C)CC(=O)O.C[C@@H]1C[C@H]2[C@@H]3CCC4=CC(=O)C=C[C@]4(C)[C@@]3(F)[C@@H](O)C[C@]2(C)[C@@]1(O)C(=O)CO. The number of hydrogen-bond donors (Lipinski definition) is 4. The Balaban J connectivity index is 0.000000392. The molecule has 0 aromatic rings. The summed E-state index contributed by atoms with van der Waals surface area (Å²) in [5.74, 6) is -2.84. The van der Waals surface area contributed by atoms with Crippen molar-refractivity contribution in [1.82, 2.24) is 0 Å². The maximum absolute atomic E-state index is 16.9. The summed E-state index contributed by atoms with van der Waals surface area (Å²) in [4.78, 5) is 34.4. The number of carboxylic acids is 1. The van der Waals surface area contributed by atoms with E-state index >= 15 is 4.39 Å². The molecular formula is C28H41FO7. The van der Waals surface area contributed by atoms with Gasteiger partial charge in [0.25, 0.3) is 0 Å². The smallest absolute Gasteiger partial charge is 0.303 e. The Bertz CT molecular complexity index is 996. The van der Waals surface area contributed by atoms with Gasteiger partial charge in [-0.05, 0) is 62.0 Å². The Labute approximate surface area is 212 Å². The predicted molar refractivity (Wildman–Crippen MR) is 132 cm³/mol. The molecule has 4 aliphatic rings. The lowest BCUT2D eigenvalue weighted by molar-refractivity contribution is -0.219. The summed E-state index contributed by atoms with van der Waals surface area (Å²) in [6.07, 6.45) is 4.68. The first-order valence-electron chi connectivity index (χ1n) is 12.8. The van der Waals surface area contributed by atoms with Gasteiger partial charge >= 0.3 is 5.97 Å². The minimum absolute atomic E-state index is 0.0676. The molecule has 3 fully saturated rings. The molecule has 4 rings (SSSR count). The summed E-state index contributed by atoms with van der Waals surface area (Å²) in [6.45, 7) is 10.2. The molecule has 3 saturated carbocycles. The topological polar surface area (TPSA) is 132 Å². The number of hydrogen-bond acceptors (Lipinski definition) is 6. The van der Waals surface area contributed by atoms with E-state index in [1.54, 1.807) is 26.8 Å². The largest absolute Gasteiger partial charge is 0.481 e. The summed E-state index contributed by atoms with van der Waals surface area (Å²) >= 11 is 0. The van der Waals surface area contributed by atoms with E-state index in [9.17, 15) is 29.7 Å². The van der Waals surface area contributed by atoms with Crippen molar-refractivity contribution in [3.63, 3.8) is 0 Å². The number of alkyl halides is 1. The number of Topliss-reactive ketones (excluding diaryl/α,β-unsaturated/α-hetero) is 1. The van der Waals surface area contributed by atoms with E-state index in [1.165, 1.54) is 12.2 Å². The second-order valence-corrected chi connectivity index (χ2v) is 12.9. The second-order valence-electron chi connectivity index (χ2n) is 12.9. The third-order valence-corrected chi connectivity index (χ3v) is 9.47. The maximum Gasteiger partial charge on any atom is 0.303 e. The number of aliphatic hydroxyl groups is 3. The molecule has 7 nitrogen and oxygen atoms in total. The highest BCUT2D eigenvalue weighted by Crippen LogP contribution is 2.70. The highest BCUT2D eigenvalue weighted by Gasteiger charge is 2.75. The lowest BCUT2D eigenvalue weighted by Crippen LogP contribution is -2.69. The van der Waals surface area contributed by atoms with Crippen LogP contribution in [0.3, 0.4) is 0 Å². The lowest BCUT2D eigenvalue weighted by Gasteiger charge is -2.62. The first-order valence-corrected chi connectivity index (χ1v) is 12.8. The number of carboxylic acid groups (broad SMARTS) is 1. The Hall–Kier alpha value is -1.90. The van der Waals surface area contributed by atoms with Gasteiger partial charge in [-0.2, -0.15) is 0 Å². The number of aliphatic carboxylic acids is 1. The molecule has 0 aromatic heterocycles. The van der Waals surface area contributed by atoms with E-state index in [-0.39, 0.29) is 30.0 Å². The summed E-state index contributed by atoms with van der Waals surface area (Å²) in [6, 6.07) is 0. The Morgan fingerprint density at radius 2 is 1.81 bits per heavy atom.